The number of hydrogen-bond donors (Lipinski definition) is 1. The van der Waals surface area contributed by atoms with E-state index >= 15 is 0 Å². The first kappa shape index (κ1) is 20.7. The first-order valence-corrected chi connectivity index (χ1v) is 8.63. The minimum Gasteiger partial charge on any atom is -0.488 e. The fraction of sp³-hybridized carbons (Fsp3) is 0.150. The van der Waals surface area contributed by atoms with Crippen molar-refractivity contribution in [3.8, 4) is 17.2 Å². The van der Waals surface area contributed by atoms with Crippen LogP contribution in [0, 0.1) is 5.82 Å². The van der Waals surface area contributed by atoms with Gasteiger partial charge in [0.05, 0.1) is 16.3 Å². The van der Waals surface area contributed by atoms with E-state index < -0.39 is 28.3 Å². The number of rotatable bonds is 5. The van der Waals surface area contributed by atoms with E-state index in [9.17, 15) is 17.6 Å². The second kappa shape index (κ2) is 8.16. The van der Waals surface area contributed by atoms with Crippen LogP contribution < -0.4 is 9.47 Å². The molecule has 152 valence electrons. The average Bonchev–Trinajstić information content (AvgIpc) is 2.67. The van der Waals surface area contributed by atoms with Gasteiger partial charge in [0.2, 0.25) is 0 Å². The molecule has 0 fully saturated rings. The molecule has 0 aliphatic carbocycles. The maximum Gasteiger partial charge on any atom is 0.416 e. The Hall–Kier alpha value is -3.00. The molecule has 3 aromatic carbocycles. The molecule has 3 aromatic rings. The lowest BCUT2D eigenvalue weighted by molar-refractivity contribution is -0.137. The van der Waals surface area contributed by atoms with Crippen molar-refractivity contribution in [2.75, 3.05) is 6.61 Å². The van der Waals surface area contributed by atoms with Gasteiger partial charge in [0.25, 0.3) is 0 Å². The number of ether oxygens (including phenoxy) is 2. The molecule has 0 radical (unpaired) electrons. The van der Waals surface area contributed by atoms with E-state index in [1.54, 1.807) is 43.3 Å². The van der Waals surface area contributed by atoms with E-state index in [2.05, 4.69) is 5.16 Å². The van der Waals surface area contributed by atoms with Crippen LogP contribution in [0.1, 0.15) is 12.5 Å². The second-order valence-electron chi connectivity index (χ2n) is 6.16. The lowest BCUT2D eigenvalue weighted by Gasteiger charge is -2.13. The molecule has 1 N–H and O–H groups in total. The van der Waals surface area contributed by atoms with Gasteiger partial charge in [-0.15, -0.1) is 0 Å². The Kier molecular flexibility index (Phi) is 5.83. The Morgan fingerprint density at radius 1 is 1.03 bits per heavy atom. The molecule has 0 saturated heterocycles. The number of fused-ring (bicyclic) bond motifs is 1. The number of oxime groups is 1. The fourth-order valence-electron chi connectivity index (χ4n) is 2.51. The number of alkyl halides is 3. The van der Waals surface area contributed by atoms with Crippen molar-refractivity contribution in [3.05, 3.63) is 64.9 Å². The van der Waals surface area contributed by atoms with Gasteiger partial charge in [-0.05, 0) is 54.1 Å². The largest absolute Gasteiger partial charge is 0.488 e. The van der Waals surface area contributed by atoms with Gasteiger partial charge >= 0.3 is 6.18 Å². The van der Waals surface area contributed by atoms with Gasteiger partial charge in [-0.2, -0.15) is 13.2 Å². The summed E-state index contributed by atoms with van der Waals surface area (Å²) in [5.74, 6) is -1.04. The normalized spacial score (nSPS) is 12.3. The van der Waals surface area contributed by atoms with Crippen molar-refractivity contribution in [1.82, 2.24) is 0 Å². The summed E-state index contributed by atoms with van der Waals surface area (Å²) in [7, 11) is 0. The van der Waals surface area contributed by atoms with Crippen molar-refractivity contribution < 1.29 is 32.2 Å². The van der Waals surface area contributed by atoms with Crippen LogP contribution in [0.5, 0.6) is 17.2 Å². The average molecular weight is 428 g/mol. The quantitative estimate of drug-likeness (QED) is 0.214. The van der Waals surface area contributed by atoms with Crippen LogP contribution in [-0.2, 0) is 6.18 Å². The van der Waals surface area contributed by atoms with Gasteiger partial charge < -0.3 is 14.7 Å². The van der Waals surface area contributed by atoms with Crippen molar-refractivity contribution in [1.29, 1.82) is 0 Å². The molecule has 0 aliphatic heterocycles. The van der Waals surface area contributed by atoms with Gasteiger partial charge in [-0.1, -0.05) is 28.9 Å². The van der Waals surface area contributed by atoms with Crippen molar-refractivity contribution in [3.63, 3.8) is 0 Å². The van der Waals surface area contributed by atoms with Crippen LogP contribution in [0.4, 0.5) is 17.6 Å². The van der Waals surface area contributed by atoms with E-state index in [0.29, 0.717) is 29.0 Å². The first-order chi connectivity index (χ1) is 13.7. The van der Waals surface area contributed by atoms with Gasteiger partial charge in [0.15, 0.2) is 11.6 Å². The second-order valence-corrected chi connectivity index (χ2v) is 6.57. The molecule has 4 nitrogen and oxygen atoms in total. The zero-order valence-electron chi connectivity index (χ0n) is 14.9. The topological polar surface area (TPSA) is 51.0 Å². The highest BCUT2D eigenvalue weighted by Gasteiger charge is 2.32. The van der Waals surface area contributed by atoms with Crippen LogP contribution >= 0.6 is 11.6 Å². The summed E-state index contributed by atoms with van der Waals surface area (Å²) in [6, 6.07) is 11.0. The third-order valence-corrected chi connectivity index (χ3v) is 4.23. The van der Waals surface area contributed by atoms with Crippen molar-refractivity contribution >= 4 is 28.1 Å². The molecule has 0 aromatic heterocycles. The summed E-state index contributed by atoms with van der Waals surface area (Å²) in [6.07, 6.45) is -4.72. The minimum absolute atomic E-state index is 0.0879. The third kappa shape index (κ3) is 4.89. The molecule has 3 rings (SSSR count). The van der Waals surface area contributed by atoms with Crippen molar-refractivity contribution in [2.45, 2.75) is 13.1 Å². The molecule has 0 amide bonds. The predicted octanol–water partition coefficient (Wildman–Crippen LogP) is 6.67. The van der Waals surface area contributed by atoms with Gasteiger partial charge in [0, 0.05) is 0 Å². The molecule has 0 bridgehead atoms. The minimum atomic E-state index is -4.72. The van der Waals surface area contributed by atoms with Crippen LogP contribution in [0.2, 0.25) is 5.02 Å². The smallest absolute Gasteiger partial charge is 0.416 e. The fourth-order valence-corrected chi connectivity index (χ4v) is 2.76. The van der Waals surface area contributed by atoms with Gasteiger partial charge in [-0.3, -0.25) is 0 Å². The summed E-state index contributed by atoms with van der Waals surface area (Å²) < 4.78 is 63.3. The van der Waals surface area contributed by atoms with Gasteiger partial charge in [-0.25, -0.2) is 4.39 Å². The SMILES string of the molecule is CC(COc1ccc2ccc(Oc3c(F)cc(C(F)(F)F)cc3Cl)cc2c1)=NO. The van der Waals surface area contributed by atoms with Gasteiger partial charge in [0.1, 0.15) is 18.1 Å². The number of nitrogens with zero attached hydrogens (tertiary/aromatic N) is 1. The third-order valence-electron chi connectivity index (χ3n) is 3.95. The Morgan fingerprint density at radius 2 is 1.69 bits per heavy atom. The molecule has 0 aliphatic rings. The summed E-state index contributed by atoms with van der Waals surface area (Å²) >= 11 is 5.80. The molecule has 0 saturated carbocycles. The molecule has 0 heterocycles. The Balaban J connectivity index is 1.89. The standard InChI is InChI=1S/C20H14ClF4NO3/c1-11(26-27)10-28-15-4-2-12-3-5-16(7-13(12)6-15)29-19-17(21)8-14(9-18(19)22)20(23,24)25/h2-9,27H,10H2,1H3. The molecular formula is C20H14ClF4NO3. The Labute approximate surface area is 167 Å². The summed E-state index contributed by atoms with van der Waals surface area (Å²) in [4.78, 5) is 0. The van der Waals surface area contributed by atoms with E-state index in [1.807, 2.05) is 0 Å². The lowest BCUT2D eigenvalue weighted by Crippen LogP contribution is -2.07. The zero-order valence-corrected chi connectivity index (χ0v) is 15.7. The number of benzene rings is 3. The highest BCUT2D eigenvalue weighted by molar-refractivity contribution is 6.32. The Morgan fingerprint density at radius 3 is 2.31 bits per heavy atom. The number of halogens is 5. The summed E-state index contributed by atoms with van der Waals surface area (Å²) in [5, 5.41) is 12.7. The molecule has 9 heteroatoms. The van der Waals surface area contributed by atoms with E-state index in [0.717, 1.165) is 5.39 Å². The summed E-state index contributed by atoms with van der Waals surface area (Å²) in [6.45, 7) is 1.68. The van der Waals surface area contributed by atoms with Crippen LogP contribution in [0.15, 0.2) is 53.7 Å². The van der Waals surface area contributed by atoms with Crippen LogP contribution in [-0.4, -0.2) is 17.5 Å². The zero-order chi connectivity index (χ0) is 21.2. The molecule has 0 atom stereocenters. The van der Waals surface area contributed by atoms with E-state index in [4.69, 9.17) is 26.3 Å². The van der Waals surface area contributed by atoms with Crippen LogP contribution in [0.25, 0.3) is 10.8 Å². The lowest BCUT2D eigenvalue weighted by atomic mass is 10.1. The monoisotopic (exact) mass is 427 g/mol. The van der Waals surface area contributed by atoms with E-state index in [1.165, 1.54) is 0 Å². The predicted molar refractivity (Wildman–Crippen MR) is 101 cm³/mol. The van der Waals surface area contributed by atoms with Crippen molar-refractivity contribution in [2.24, 2.45) is 5.16 Å². The molecule has 29 heavy (non-hydrogen) atoms. The Bertz CT molecular complexity index is 1060. The summed E-state index contributed by atoms with van der Waals surface area (Å²) in [5.41, 5.74) is -0.816. The maximum absolute atomic E-state index is 14.2. The molecule has 0 unspecified atom stereocenters. The number of hydrogen-bond acceptors (Lipinski definition) is 4. The first-order valence-electron chi connectivity index (χ1n) is 8.25. The molecule has 0 spiro atoms. The van der Waals surface area contributed by atoms with Crippen LogP contribution in [0.3, 0.4) is 0 Å². The van der Waals surface area contributed by atoms with E-state index in [-0.39, 0.29) is 12.4 Å². The maximum atomic E-state index is 14.2. The highest BCUT2D eigenvalue weighted by Crippen LogP contribution is 2.39. The molecular weight excluding hydrogens is 414 g/mol. The highest BCUT2D eigenvalue weighted by atomic mass is 35.5.